The smallest absolute Gasteiger partial charge is 0.316 e. The average Bonchev–Trinajstić information content (AvgIpc) is 3.01. The van der Waals surface area contributed by atoms with Crippen molar-refractivity contribution in [1.29, 1.82) is 0 Å². The Hall–Kier alpha value is -2.61. The van der Waals surface area contributed by atoms with E-state index in [4.69, 9.17) is 19.1 Å². The number of aliphatic hydroxyl groups excluding tert-OH is 1. The van der Waals surface area contributed by atoms with Gasteiger partial charge in [0.15, 0.2) is 11.5 Å². The Balaban J connectivity index is 2.19. The molecule has 0 saturated heterocycles. The molecule has 0 radical (unpaired) electrons. The lowest BCUT2D eigenvalue weighted by Gasteiger charge is -2.07. The molecule has 1 amide bonds. The normalized spacial score (nSPS) is 11.8. The zero-order valence-electron chi connectivity index (χ0n) is 12.5. The predicted molar refractivity (Wildman–Crippen MR) is 76.9 cm³/mol. The second-order valence-electron chi connectivity index (χ2n) is 4.55. The molecule has 0 bridgehead atoms. The molecule has 0 aliphatic heterocycles. The Morgan fingerprint density at radius 2 is 2.09 bits per heavy atom. The summed E-state index contributed by atoms with van der Waals surface area (Å²) in [5.74, 6) is 0.628. The minimum Gasteiger partial charge on any atom is -0.493 e. The minimum absolute atomic E-state index is 0.104. The van der Waals surface area contributed by atoms with E-state index >= 15 is 0 Å². The summed E-state index contributed by atoms with van der Waals surface area (Å²) in [6, 6.07) is 5.11. The van der Waals surface area contributed by atoms with E-state index in [9.17, 15) is 4.79 Å². The highest BCUT2D eigenvalue weighted by atomic mass is 16.5. The van der Waals surface area contributed by atoms with Gasteiger partial charge in [-0.1, -0.05) is 5.16 Å². The number of amides is 1. The van der Waals surface area contributed by atoms with E-state index < -0.39 is 12.0 Å². The molecule has 8 nitrogen and oxygen atoms in total. The number of benzene rings is 1. The van der Waals surface area contributed by atoms with Crippen LogP contribution in [0.4, 0.5) is 0 Å². The Bertz CT molecular complexity index is 654. The Labute approximate surface area is 127 Å². The van der Waals surface area contributed by atoms with Crippen LogP contribution >= 0.6 is 0 Å². The van der Waals surface area contributed by atoms with Gasteiger partial charge in [0.1, 0.15) is 0 Å². The van der Waals surface area contributed by atoms with Gasteiger partial charge in [0.25, 0.3) is 0 Å². The molecule has 1 heterocycles. The number of nitrogens with one attached hydrogen (secondary N) is 1. The molecule has 0 unspecified atom stereocenters. The van der Waals surface area contributed by atoms with Crippen molar-refractivity contribution < 1.29 is 23.9 Å². The van der Waals surface area contributed by atoms with Gasteiger partial charge >= 0.3 is 11.8 Å². The molecule has 0 fully saturated rings. The molecule has 1 aromatic heterocycles. The van der Waals surface area contributed by atoms with Crippen molar-refractivity contribution in [1.82, 2.24) is 15.5 Å². The van der Waals surface area contributed by atoms with Gasteiger partial charge in [-0.3, -0.25) is 4.79 Å². The summed E-state index contributed by atoms with van der Waals surface area (Å²) in [5, 5.41) is 15.4. The van der Waals surface area contributed by atoms with Gasteiger partial charge in [-0.05, 0) is 25.1 Å². The zero-order valence-corrected chi connectivity index (χ0v) is 12.5. The summed E-state index contributed by atoms with van der Waals surface area (Å²) in [7, 11) is 3.06. The van der Waals surface area contributed by atoms with E-state index in [2.05, 4.69) is 15.5 Å². The molecular formula is C14H17N3O5. The van der Waals surface area contributed by atoms with Gasteiger partial charge in [-0.2, -0.15) is 4.98 Å². The lowest BCUT2D eigenvalue weighted by molar-refractivity contribution is 0.0880. The van der Waals surface area contributed by atoms with Crippen LogP contribution in [0.15, 0.2) is 22.7 Å². The fourth-order valence-electron chi connectivity index (χ4n) is 1.72. The monoisotopic (exact) mass is 307 g/mol. The van der Waals surface area contributed by atoms with Crippen molar-refractivity contribution in [3.8, 4) is 22.9 Å². The van der Waals surface area contributed by atoms with Crippen LogP contribution in [0, 0.1) is 0 Å². The number of hydrogen-bond acceptors (Lipinski definition) is 7. The largest absolute Gasteiger partial charge is 0.493 e. The number of methoxy groups -OCH3 is 2. The topological polar surface area (TPSA) is 107 Å². The van der Waals surface area contributed by atoms with Crippen molar-refractivity contribution in [2.75, 3.05) is 20.8 Å². The van der Waals surface area contributed by atoms with Crippen LogP contribution in [0.1, 0.15) is 17.6 Å². The van der Waals surface area contributed by atoms with Crippen LogP contribution < -0.4 is 14.8 Å². The molecule has 0 aliphatic rings. The number of aromatic nitrogens is 2. The third-order valence-electron chi connectivity index (χ3n) is 2.82. The molecule has 0 spiro atoms. The van der Waals surface area contributed by atoms with E-state index in [0.29, 0.717) is 17.1 Å². The maximum atomic E-state index is 11.8. The molecule has 2 N–H and O–H groups in total. The standard InChI is InChI=1S/C14H17N3O5/c1-8(18)7-15-13(19)14-16-12(17-22-14)9-4-5-10(20-2)11(6-9)21-3/h4-6,8,18H,7H2,1-3H3,(H,15,19)/t8-/m1/s1. The average molecular weight is 307 g/mol. The Kier molecular flexibility index (Phi) is 4.95. The first kappa shape index (κ1) is 15.8. The van der Waals surface area contributed by atoms with Crippen LogP contribution in [0.3, 0.4) is 0 Å². The van der Waals surface area contributed by atoms with Gasteiger partial charge in [0, 0.05) is 12.1 Å². The van der Waals surface area contributed by atoms with Crippen molar-refractivity contribution in [2.45, 2.75) is 13.0 Å². The quantitative estimate of drug-likeness (QED) is 0.815. The molecular weight excluding hydrogens is 290 g/mol. The number of carbonyl (C=O) groups excluding carboxylic acids is 1. The van der Waals surface area contributed by atoms with Gasteiger partial charge in [0.05, 0.1) is 20.3 Å². The first-order valence-electron chi connectivity index (χ1n) is 6.57. The summed E-state index contributed by atoms with van der Waals surface area (Å²) < 4.78 is 15.3. The second kappa shape index (κ2) is 6.90. The SMILES string of the molecule is COc1ccc(-c2noc(C(=O)NC[C@@H](C)O)n2)cc1OC. The number of ether oxygens (including phenoxy) is 2. The number of aliphatic hydroxyl groups is 1. The van der Waals surface area contributed by atoms with E-state index in [-0.39, 0.29) is 18.3 Å². The van der Waals surface area contributed by atoms with Crippen molar-refractivity contribution in [3.05, 3.63) is 24.1 Å². The van der Waals surface area contributed by atoms with Crippen molar-refractivity contribution >= 4 is 5.91 Å². The molecule has 0 saturated carbocycles. The summed E-state index contributed by atoms with van der Waals surface area (Å²) in [6.07, 6.45) is -0.655. The Morgan fingerprint density at radius 3 is 2.73 bits per heavy atom. The highest BCUT2D eigenvalue weighted by molar-refractivity contribution is 5.89. The molecule has 1 atom stereocenters. The van der Waals surface area contributed by atoms with Crippen LogP contribution in [0.25, 0.3) is 11.4 Å². The van der Waals surface area contributed by atoms with E-state index in [1.165, 1.54) is 14.2 Å². The van der Waals surface area contributed by atoms with Gasteiger partial charge in [-0.25, -0.2) is 0 Å². The Morgan fingerprint density at radius 1 is 1.36 bits per heavy atom. The maximum absolute atomic E-state index is 11.8. The lowest BCUT2D eigenvalue weighted by atomic mass is 10.2. The van der Waals surface area contributed by atoms with Gasteiger partial charge < -0.3 is 24.4 Å². The van der Waals surface area contributed by atoms with Crippen LogP contribution in [-0.4, -0.2) is 48.0 Å². The number of rotatable bonds is 6. The van der Waals surface area contributed by atoms with Crippen molar-refractivity contribution in [3.63, 3.8) is 0 Å². The third-order valence-corrected chi connectivity index (χ3v) is 2.82. The van der Waals surface area contributed by atoms with Crippen LogP contribution in [0.5, 0.6) is 11.5 Å². The summed E-state index contributed by atoms with van der Waals surface area (Å²) >= 11 is 0. The molecule has 118 valence electrons. The van der Waals surface area contributed by atoms with E-state index in [1.807, 2.05) is 0 Å². The van der Waals surface area contributed by atoms with Crippen LogP contribution in [0.2, 0.25) is 0 Å². The van der Waals surface area contributed by atoms with Gasteiger partial charge in [0.2, 0.25) is 5.82 Å². The third kappa shape index (κ3) is 3.53. The molecule has 0 aliphatic carbocycles. The molecule has 22 heavy (non-hydrogen) atoms. The zero-order chi connectivity index (χ0) is 16.1. The summed E-state index contributed by atoms with van der Waals surface area (Å²) in [6.45, 7) is 1.66. The fraction of sp³-hybridized carbons (Fsp3) is 0.357. The van der Waals surface area contributed by atoms with Crippen molar-refractivity contribution in [2.24, 2.45) is 0 Å². The predicted octanol–water partition coefficient (Wildman–Crippen LogP) is 0.864. The van der Waals surface area contributed by atoms with Crippen LogP contribution in [-0.2, 0) is 0 Å². The lowest BCUT2D eigenvalue weighted by Crippen LogP contribution is -2.30. The fourth-order valence-corrected chi connectivity index (χ4v) is 1.72. The first-order chi connectivity index (χ1) is 10.5. The second-order valence-corrected chi connectivity index (χ2v) is 4.55. The highest BCUT2D eigenvalue weighted by Gasteiger charge is 2.17. The van der Waals surface area contributed by atoms with E-state index in [0.717, 1.165) is 0 Å². The number of carbonyl (C=O) groups is 1. The molecule has 1 aromatic carbocycles. The molecule has 2 rings (SSSR count). The number of hydrogen-bond donors (Lipinski definition) is 2. The molecule has 8 heteroatoms. The maximum Gasteiger partial charge on any atom is 0.316 e. The minimum atomic E-state index is -0.655. The number of nitrogens with zero attached hydrogens (tertiary/aromatic N) is 2. The highest BCUT2D eigenvalue weighted by Crippen LogP contribution is 2.31. The summed E-state index contributed by atoms with van der Waals surface area (Å²) in [4.78, 5) is 15.8. The van der Waals surface area contributed by atoms with Gasteiger partial charge in [-0.15, -0.1) is 0 Å². The first-order valence-corrected chi connectivity index (χ1v) is 6.57. The van der Waals surface area contributed by atoms with E-state index in [1.54, 1.807) is 25.1 Å². The summed E-state index contributed by atoms with van der Waals surface area (Å²) in [5.41, 5.74) is 0.621. The molecule has 2 aromatic rings.